The molecule has 1 aliphatic rings. The number of hydrogen-bond donors (Lipinski definition) is 0. The number of hydrogen-bond acceptors (Lipinski definition) is 4. The molecule has 24 heavy (non-hydrogen) atoms. The van der Waals surface area contributed by atoms with Gasteiger partial charge in [-0.1, -0.05) is 43.9 Å². The number of nitrogens with zero attached hydrogens (tertiary/aromatic N) is 5. The fourth-order valence-corrected chi connectivity index (χ4v) is 3.66. The van der Waals surface area contributed by atoms with E-state index in [1.54, 1.807) is 4.68 Å². The molecule has 128 valence electrons. The molecule has 0 saturated heterocycles. The predicted octanol–water partition coefficient (Wildman–Crippen LogP) is 3.00. The standard InChI is InChI=1S/C18H25N5O/c1-4-16(24)22(3)18(12-6-5-7-13-18)17-19-20-21-23(17)15-10-8-14(2)9-11-15/h8-11H,4-7,12-13H2,1-3H3. The number of aromatic nitrogens is 4. The van der Waals surface area contributed by atoms with Gasteiger partial charge in [0.15, 0.2) is 5.82 Å². The molecule has 2 aromatic rings. The fourth-order valence-electron chi connectivity index (χ4n) is 3.66. The van der Waals surface area contributed by atoms with Gasteiger partial charge in [-0.25, -0.2) is 0 Å². The summed E-state index contributed by atoms with van der Waals surface area (Å²) in [5.41, 5.74) is 1.71. The summed E-state index contributed by atoms with van der Waals surface area (Å²) in [6, 6.07) is 8.14. The molecule has 1 aliphatic carbocycles. The molecule has 0 N–H and O–H groups in total. The molecule has 1 aromatic heterocycles. The number of carbonyl (C=O) groups is 1. The van der Waals surface area contributed by atoms with Crippen LogP contribution < -0.4 is 0 Å². The summed E-state index contributed by atoms with van der Waals surface area (Å²) in [5.74, 6) is 0.908. The number of rotatable bonds is 4. The lowest BCUT2D eigenvalue weighted by Gasteiger charge is -2.43. The van der Waals surface area contributed by atoms with Crippen LogP contribution in [0.4, 0.5) is 0 Å². The highest BCUT2D eigenvalue weighted by Crippen LogP contribution is 2.41. The zero-order chi connectivity index (χ0) is 17.2. The molecule has 6 heteroatoms. The van der Waals surface area contributed by atoms with Crippen molar-refractivity contribution in [2.24, 2.45) is 0 Å². The maximum absolute atomic E-state index is 12.5. The number of tetrazole rings is 1. The average molecular weight is 327 g/mol. The van der Waals surface area contributed by atoms with Crippen molar-refractivity contribution in [3.05, 3.63) is 35.7 Å². The minimum Gasteiger partial charge on any atom is -0.333 e. The SMILES string of the molecule is CCC(=O)N(C)C1(c2nnnn2-c2ccc(C)cc2)CCCCC1. The molecular formula is C18H25N5O. The van der Waals surface area contributed by atoms with Crippen LogP contribution in [0.25, 0.3) is 5.69 Å². The molecule has 0 spiro atoms. The number of amides is 1. The van der Waals surface area contributed by atoms with Crippen molar-refractivity contribution in [2.45, 2.75) is 57.9 Å². The first kappa shape index (κ1) is 16.6. The zero-order valence-corrected chi connectivity index (χ0v) is 14.7. The van der Waals surface area contributed by atoms with Crippen LogP contribution in [-0.4, -0.2) is 38.1 Å². The highest BCUT2D eigenvalue weighted by Gasteiger charge is 2.44. The lowest BCUT2D eigenvalue weighted by atomic mass is 9.79. The Bertz CT molecular complexity index is 700. The molecule has 6 nitrogen and oxygen atoms in total. The molecule has 1 heterocycles. The zero-order valence-electron chi connectivity index (χ0n) is 14.7. The van der Waals surface area contributed by atoms with Gasteiger partial charge in [0, 0.05) is 13.5 Å². The van der Waals surface area contributed by atoms with Gasteiger partial charge in [-0.2, -0.15) is 4.68 Å². The van der Waals surface area contributed by atoms with E-state index in [0.29, 0.717) is 6.42 Å². The normalized spacial score (nSPS) is 16.8. The first-order valence-corrected chi connectivity index (χ1v) is 8.71. The molecule has 0 bridgehead atoms. The Morgan fingerprint density at radius 2 is 1.88 bits per heavy atom. The second kappa shape index (κ2) is 6.71. The van der Waals surface area contributed by atoms with E-state index in [9.17, 15) is 4.79 Å². The van der Waals surface area contributed by atoms with Crippen LogP contribution in [0.15, 0.2) is 24.3 Å². The van der Waals surface area contributed by atoms with E-state index in [2.05, 4.69) is 34.6 Å². The smallest absolute Gasteiger partial charge is 0.222 e. The minimum atomic E-state index is -0.417. The molecule has 1 amide bonds. The summed E-state index contributed by atoms with van der Waals surface area (Å²) in [6.07, 6.45) is 5.67. The summed E-state index contributed by atoms with van der Waals surface area (Å²) < 4.78 is 1.80. The van der Waals surface area contributed by atoms with Gasteiger partial charge in [0.25, 0.3) is 0 Å². The van der Waals surface area contributed by atoms with Gasteiger partial charge >= 0.3 is 0 Å². The average Bonchev–Trinajstić information content (AvgIpc) is 3.12. The lowest BCUT2D eigenvalue weighted by molar-refractivity contribution is -0.137. The van der Waals surface area contributed by atoms with E-state index in [1.165, 1.54) is 12.0 Å². The summed E-state index contributed by atoms with van der Waals surface area (Å²) in [6.45, 7) is 3.96. The van der Waals surface area contributed by atoms with E-state index in [4.69, 9.17) is 0 Å². The van der Waals surface area contributed by atoms with E-state index >= 15 is 0 Å². The van der Waals surface area contributed by atoms with Gasteiger partial charge in [0.05, 0.1) is 5.69 Å². The first-order chi connectivity index (χ1) is 11.6. The van der Waals surface area contributed by atoms with Crippen molar-refractivity contribution in [2.75, 3.05) is 7.05 Å². The Hall–Kier alpha value is -2.24. The Morgan fingerprint density at radius 3 is 2.50 bits per heavy atom. The van der Waals surface area contributed by atoms with Crippen LogP contribution in [0.5, 0.6) is 0 Å². The largest absolute Gasteiger partial charge is 0.333 e. The van der Waals surface area contributed by atoms with Gasteiger partial charge in [-0.05, 0) is 42.3 Å². The van der Waals surface area contributed by atoms with Crippen LogP contribution >= 0.6 is 0 Å². The molecule has 0 unspecified atom stereocenters. The molecule has 0 radical (unpaired) electrons. The predicted molar refractivity (Wildman–Crippen MR) is 91.7 cm³/mol. The lowest BCUT2D eigenvalue weighted by Crippen LogP contribution is -2.49. The number of benzene rings is 1. The molecule has 1 aromatic carbocycles. The van der Waals surface area contributed by atoms with Crippen LogP contribution in [0.2, 0.25) is 0 Å². The highest BCUT2D eigenvalue weighted by atomic mass is 16.2. The monoisotopic (exact) mass is 327 g/mol. The van der Waals surface area contributed by atoms with E-state index in [-0.39, 0.29) is 5.91 Å². The molecule has 3 rings (SSSR count). The van der Waals surface area contributed by atoms with Crippen molar-refractivity contribution in [3.8, 4) is 5.69 Å². The molecule has 0 atom stereocenters. The highest BCUT2D eigenvalue weighted by molar-refractivity contribution is 5.76. The molecule has 1 fully saturated rings. The van der Waals surface area contributed by atoms with Crippen molar-refractivity contribution < 1.29 is 4.79 Å². The number of aryl methyl sites for hydroxylation is 1. The van der Waals surface area contributed by atoms with Crippen LogP contribution in [0.3, 0.4) is 0 Å². The Balaban J connectivity index is 2.08. The summed E-state index contributed by atoms with van der Waals surface area (Å²) in [4.78, 5) is 14.3. The Morgan fingerprint density at radius 1 is 1.21 bits per heavy atom. The van der Waals surface area contributed by atoms with Gasteiger partial charge in [0.2, 0.25) is 5.91 Å². The summed E-state index contributed by atoms with van der Waals surface area (Å²) >= 11 is 0. The maximum atomic E-state index is 12.5. The first-order valence-electron chi connectivity index (χ1n) is 8.71. The van der Waals surface area contributed by atoms with Crippen LogP contribution in [0.1, 0.15) is 56.8 Å². The number of carbonyl (C=O) groups excluding carboxylic acids is 1. The summed E-state index contributed by atoms with van der Waals surface area (Å²) in [7, 11) is 1.89. The van der Waals surface area contributed by atoms with Crippen molar-refractivity contribution in [1.29, 1.82) is 0 Å². The second-order valence-corrected chi connectivity index (χ2v) is 6.65. The van der Waals surface area contributed by atoms with Crippen LogP contribution in [0, 0.1) is 6.92 Å². The van der Waals surface area contributed by atoms with E-state index in [1.807, 2.05) is 31.0 Å². The molecule has 1 saturated carbocycles. The second-order valence-electron chi connectivity index (χ2n) is 6.65. The fraction of sp³-hybridized carbons (Fsp3) is 0.556. The van der Waals surface area contributed by atoms with Crippen molar-refractivity contribution >= 4 is 5.91 Å². The van der Waals surface area contributed by atoms with Crippen LogP contribution in [-0.2, 0) is 10.3 Å². The van der Waals surface area contributed by atoms with Crippen molar-refractivity contribution in [3.63, 3.8) is 0 Å². The van der Waals surface area contributed by atoms with E-state index in [0.717, 1.165) is 37.2 Å². The molecular weight excluding hydrogens is 302 g/mol. The molecule has 0 aliphatic heterocycles. The van der Waals surface area contributed by atoms with Gasteiger partial charge in [0.1, 0.15) is 5.54 Å². The van der Waals surface area contributed by atoms with Gasteiger partial charge in [-0.15, -0.1) is 5.10 Å². The quantitative estimate of drug-likeness (QED) is 0.866. The van der Waals surface area contributed by atoms with E-state index < -0.39 is 5.54 Å². The topological polar surface area (TPSA) is 63.9 Å². The Kier molecular flexibility index (Phi) is 4.64. The Labute approximate surface area is 142 Å². The third-order valence-corrected chi connectivity index (χ3v) is 5.16. The van der Waals surface area contributed by atoms with Crippen molar-refractivity contribution in [1.82, 2.24) is 25.1 Å². The maximum Gasteiger partial charge on any atom is 0.222 e. The van der Waals surface area contributed by atoms with Gasteiger partial charge < -0.3 is 4.90 Å². The third kappa shape index (κ3) is 2.81. The summed E-state index contributed by atoms with van der Waals surface area (Å²) in [5, 5.41) is 12.5. The minimum absolute atomic E-state index is 0.135. The third-order valence-electron chi connectivity index (χ3n) is 5.16. The van der Waals surface area contributed by atoms with Gasteiger partial charge in [-0.3, -0.25) is 4.79 Å².